The molecule has 0 N–H and O–H groups in total. The average molecular weight is 260 g/mol. The number of hydrogen-bond acceptors (Lipinski definition) is 0. The maximum absolute atomic E-state index is 5.61. The summed E-state index contributed by atoms with van der Waals surface area (Å²) in [6.07, 6.45) is 2.12. The van der Waals surface area contributed by atoms with Crippen LogP contribution in [0.1, 0.15) is 12.8 Å². The van der Waals surface area contributed by atoms with Gasteiger partial charge in [-0.1, -0.05) is 0 Å². The van der Waals surface area contributed by atoms with Gasteiger partial charge in [0.05, 0.1) is 0 Å². The van der Waals surface area contributed by atoms with Crippen molar-refractivity contribution in [2.24, 2.45) is 0 Å². The molecule has 0 heterocycles. The third-order valence-electron chi connectivity index (χ3n) is 1.59. The molecule has 0 fully saturated rings. The van der Waals surface area contributed by atoms with Crippen LogP contribution < -0.4 is 4.46 Å². The van der Waals surface area contributed by atoms with Crippen molar-refractivity contribution in [3.8, 4) is 0 Å². The third kappa shape index (κ3) is 4.52. The number of alkyl halides is 1. The van der Waals surface area contributed by atoms with Gasteiger partial charge in [0.25, 0.3) is 0 Å². The molecule has 0 aliphatic heterocycles. The van der Waals surface area contributed by atoms with E-state index >= 15 is 0 Å². The monoisotopic (exact) mass is 260 g/mol. The zero-order valence-corrected chi connectivity index (χ0v) is 9.97. The van der Waals surface area contributed by atoms with Crippen LogP contribution in [-0.2, 0) is 0 Å². The van der Waals surface area contributed by atoms with Gasteiger partial charge in [-0.25, -0.2) is 0 Å². The van der Waals surface area contributed by atoms with Gasteiger partial charge in [0, 0.05) is 0 Å². The Labute approximate surface area is 91.2 Å². The molecule has 1 aromatic rings. The Bertz CT molecular complexity index is 256. The molecule has 0 aromatic heterocycles. The molecule has 1 aromatic carbocycles. The fourth-order valence-electron chi connectivity index (χ4n) is 0.970. The van der Waals surface area contributed by atoms with Crippen LogP contribution >= 0.6 is 11.6 Å². The van der Waals surface area contributed by atoms with Gasteiger partial charge in [0.2, 0.25) is 0 Å². The predicted molar refractivity (Wildman–Crippen MR) is 60.9 cm³/mol. The average Bonchev–Trinajstić information content (AvgIpc) is 2.16. The number of hydrogen-bond donors (Lipinski definition) is 0. The van der Waals surface area contributed by atoms with Gasteiger partial charge in [-0.3, -0.25) is 0 Å². The van der Waals surface area contributed by atoms with Crippen LogP contribution in [-0.4, -0.2) is 20.8 Å². The Hall–Kier alpha value is -0.231. The summed E-state index contributed by atoms with van der Waals surface area (Å²) >= 11 is 6.04. The Morgan fingerprint density at radius 3 is 2.62 bits per heavy atom. The molecule has 0 atom stereocenters. The molecule has 2 heteroatoms. The SMILES string of the molecule is C=C(CCCCl)[Se]c1ccccc1. The second kappa shape index (κ2) is 6.26. The van der Waals surface area contributed by atoms with Crippen molar-refractivity contribution in [3.63, 3.8) is 0 Å². The molecule has 0 saturated heterocycles. The quantitative estimate of drug-likeness (QED) is 0.563. The van der Waals surface area contributed by atoms with Gasteiger partial charge in [-0.2, -0.15) is 0 Å². The van der Waals surface area contributed by atoms with Crippen LogP contribution in [0.2, 0.25) is 0 Å². The second-order valence-electron chi connectivity index (χ2n) is 2.75. The first-order chi connectivity index (χ1) is 6.33. The first-order valence-corrected chi connectivity index (χ1v) is 6.54. The molecule has 13 heavy (non-hydrogen) atoms. The van der Waals surface area contributed by atoms with Crippen molar-refractivity contribution in [3.05, 3.63) is 41.4 Å². The summed E-state index contributed by atoms with van der Waals surface area (Å²) in [4.78, 5) is 0. The summed E-state index contributed by atoms with van der Waals surface area (Å²) in [6.45, 7) is 4.06. The minimum absolute atomic E-state index is 0.424. The van der Waals surface area contributed by atoms with E-state index in [2.05, 4.69) is 30.8 Å². The molecule has 70 valence electrons. The predicted octanol–water partition coefficient (Wildman–Crippen LogP) is 2.55. The molecule has 0 amide bonds. The van der Waals surface area contributed by atoms with Crippen molar-refractivity contribution in [2.75, 3.05) is 5.88 Å². The van der Waals surface area contributed by atoms with Crippen LogP contribution in [0, 0.1) is 0 Å². The molecule has 0 radical (unpaired) electrons. The molecule has 0 aliphatic carbocycles. The van der Waals surface area contributed by atoms with E-state index in [1.807, 2.05) is 6.07 Å². The summed E-state index contributed by atoms with van der Waals surface area (Å²) < 4.78 is 2.73. The van der Waals surface area contributed by atoms with Gasteiger partial charge in [-0.05, 0) is 0 Å². The second-order valence-corrected chi connectivity index (χ2v) is 5.75. The van der Waals surface area contributed by atoms with Crippen molar-refractivity contribution < 1.29 is 0 Å². The minimum atomic E-state index is 0.424. The molecule has 0 saturated carbocycles. The van der Waals surface area contributed by atoms with Crippen LogP contribution in [0.5, 0.6) is 0 Å². The normalized spacial score (nSPS) is 9.92. The first-order valence-electron chi connectivity index (χ1n) is 4.29. The molecule has 0 spiro atoms. The van der Waals surface area contributed by atoms with Crippen molar-refractivity contribution in [1.29, 1.82) is 0 Å². The fraction of sp³-hybridized carbons (Fsp3) is 0.273. The van der Waals surface area contributed by atoms with E-state index in [9.17, 15) is 0 Å². The Morgan fingerprint density at radius 2 is 2.00 bits per heavy atom. The van der Waals surface area contributed by atoms with Gasteiger partial charge in [-0.15, -0.1) is 0 Å². The Kier molecular flexibility index (Phi) is 5.22. The Morgan fingerprint density at radius 1 is 1.31 bits per heavy atom. The van der Waals surface area contributed by atoms with E-state index in [4.69, 9.17) is 11.6 Å². The Balaban J connectivity index is 2.37. The first kappa shape index (κ1) is 10.8. The zero-order valence-electron chi connectivity index (χ0n) is 7.50. The van der Waals surface area contributed by atoms with Crippen LogP contribution in [0.3, 0.4) is 0 Å². The van der Waals surface area contributed by atoms with Gasteiger partial charge in [0.15, 0.2) is 0 Å². The standard InChI is InChI=1S/C11H13ClSe/c1-10(6-5-9-12)13-11-7-3-2-4-8-11/h2-4,7-8H,1,5-6,9H2. The van der Waals surface area contributed by atoms with Crippen LogP contribution in [0.25, 0.3) is 0 Å². The van der Waals surface area contributed by atoms with E-state index in [-0.39, 0.29) is 0 Å². The van der Waals surface area contributed by atoms with Gasteiger partial charge < -0.3 is 0 Å². The van der Waals surface area contributed by atoms with E-state index in [0.717, 1.165) is 18.7 Å². The summed E-state index contributed by atoms with van der Waals surface area (Å²) in [5, 5.41) is 0. The van der Waals surface area contributed by atoms with Crippen LogP contribution in [0.4, 0.5) is 0 Å². The molecule has 0 bridgehead atoms. The van der Waals surface area contributed by atoms with E-state index in [1.165, 1.54) is 8.93 Å². The number of allylic oxidation sites excluding steroid dienone is 1. The van der Waals surface area contributed by atoms with E-state index in [0.29, 0.717) is 15.0 Å². The van der Waals surface area contributed by atoms with E-state index in [1.54, 1.807) is 0 Å². The summed E-state index contributed by atoms with van der Waals surface area (Å²) in [7, 11) is 0. The van der Waals surface area contributed by atoms with Crippen LogP contribution in [0.15, 0.2) is 41.4 Å². The van der Waals surface area contributed by atoms with Crippen molar-refractivity contribution in [2.45, 2.75) is 12.8 Å². The molecular weight excluding hydrogens is 247 g/mol. The molecule has 0 unspecified atom stereocenters. The topological polar surface area (TPSA) is 0 Å². The number of benzene rings is 1. The van der Waals surface area contributed by atoms with Crippen molar-refractivity contribution >= 4 is 31.0 Å². The summed E-state index contributed by atoms with van der Waals surface area (Å²) in [6, 6.07) is 10.5. The maximum atomic E-state index is 5.61. The zero-order chi connectivity index (χ0) is 9.52. The van der Waals surface area contributed by atoms with Gasteiger partial charge in [0.1, 0.15) is 0 Å². The molecule has 0 nitrogen and oxygen atoms in total. The van der Waals surface area contributed by atoms with Gasteiger partial charge >= 0.3 is 91.1 Å². The van der Waals surface area contributed by atoms with Crippen molar-refractivity contribution in [1.82, 2.24) is 0 Å². The third-order valence-corrected chi connectivity index (χ3v) is 3.96. The number of halogens is 1. The molecule has 1 rings (SSSR count). The molecule has 0 aliphatic rings. The molecular formula is C11H13ClSe. The van der Waals surface area contributed by atoms with E-state index < -0.39 is 0 Å². The summed E-state index contributed by atoms with van der Waals surface area (Å²) in [5.41, 5.74) is 0. The number of rotatable bonds is 5. The fourth-order valence-corrected chi connectivity index (χ4v) is 2.94. The summed E-state index contributed by atoms with van der Waals surface area (Å²) in [5.74, 6) is 0.740.